The number of nitrogens with zero attached hydrogens (tertiary/aromatic N) is 3. The second-order valence-electron chi connectivity index (χ2n) is 4.41. The first kappa shape index (κ1) is 15.5. The second-order valence-corrected chi connectivity index (χ2v) is 4.41. The summed E-state index contributed by atoms with van der Waals surface area (Å²) in [7, 11) is 0. The summed E-state index contributed by atoms with van der Waals surface area (Å²) >= 11 is 0. The number of hydrogen-bond donors (Lipinski definition) is 0. The van der Waals surface area contributed by atoms with Gasteiger partial charge in [-0.1, -0.05) is 12.1 Å². The quantitative estimate of drug-likeness (QED) is 0.845. The Morgan fingerprint density at radius 2 is 1.45 bits per heavy atom. The monoisotopic (exact) mass is 277 g/mol. The number of hydrogen-bond acceptors (Lipinski definition) is 3. The maximum absolute atomic E-state index is 12.2. The Morgan fingerprint density at radius 1 is 0.900 bits per heavy atom. The van der Waals surface area contributed by atoms with Gasteiger partial charge in [0.2, 0.25) is 0 Å². The molecule has 1 aromatic rings. The van der Waals surface area contributed by atoms with Gasteiger partial charge in [-0.05, 0) is 24.1 Å². The van der Waals surface area contributed by atoms with Crippen LogP contribution in [0.1, 0.15) is 24.0 Å². The van der Waals surface area contributed by atoms with E-state index in [1.54, 1.807) is 12.1 Å². The van der Waals surface area contributed by atoms with Crippen LogP contribution in [0, 0.1) is 39.4 Å². The van der Waals surface area contributed by atoms with Gasteiger partial charge in [-0.2, -0.15) is 29.0 Å². The van der Waals surface area contributed by atoms with Crippen LogP contribution in [-0.4, -0.2) is 6.18 Å². The van der Waals surface area contributed by atoms with Crippen LogP contribution in [0.3, 0.4) is 0 Å². The summed E-state index contributed by atoms with van der Waals surface area (Å²) in [6, 6.07) is 11.4. The first-order valence-corrected chi connectivity index (χ1v) is 5.72. The molecule has 0 heterocycles. The normalized spacial score (nSPS) is 11.2. The van der Waals surface area contributed by atoms with Crippen LogP contribution in [0.25, 0.3) is 0 Å². The molecule has 0 aliphatic heterocycles. The summed E-state index contributed by atoms with van der Waals surface area (Å²) in [4.78, 5) is 0. The Labute approximate surface area is 114 Å². The average molecular weight is 277 g/mol. The maximum Gasteiger partial charge on any atom is 0.389 e. The van der Waals surface area contributed by atoms with Crippen molar-refractivity contribution in [1.82, 2.24) is 0 Å². The van der Waals surface area contributed by atoms with E-state index in [9.17, 15) is 13.2 Å². The van der Waals surface area contributed by atoms with Gasteiger partial charge in [0.25, 0.3) is 0 Å². The van der Waals surface area contributed by atoms with Gasteiger partial charge in [-0.25, -0.2) is 0 Å². The first-order valence-electron chi connectivity index (χ1n) is 5.72. The minimum Gasteiger partial charge on any atom is -0.197 e. The minimum atomic E-state index is -4.40. The van der Waals surface area contributed by atoms with Gasteiger partial charge in [-0.15, -0.1) is 0 Å². The third-order valence-electron chi connectivity index (χ3n) is 2.85. The SMILES string of the molecule is N#Cc1ccc(CC(C#N)(C#N)CCC(F)(F)F)cc1. The lowest BCUT2D eigenvalue weighted by molar-refractivity contribution is -0.138. The second kappa shape index (κ2) is 6.08. The van der Waals surface area contributed by atoms with E-state index >= 15 is 0 Å². The fourth-order valence-corrected chi connectivity index (χ4v) is 1.70. The molecule has 0 saturated carbocycles. The fraction of sp³-hybridized carbons (Fsp3) is 0.357. The van der Waals surface area contributed by atoms with Crippen LogP contribution < -0.4 is 0 Å². The molecule has 0 unspecified atom stereocenters. The number of alkyl halides is 3. The summed E-state index contributed by atoms with van der Waals surface area (Å²) in [5, 5.41) is 26.7. The first-order chi connectivity index (χ1) is 9.34. The van der Waals surface area contributed by atoms with Crippen molar-refractivity contribution in [1.29, 1.82) is 15.8 Å². The zero-order chi connectivity index (χ0) is 15.2. The molecule has 0 aromatic heterocycles. The Hall–Kier alpha value is -2.52. The highest BCUT2D eigenvalue weighted by molar-refractivity contribution is 5.33. The van der Waals surface area contributed by atoms with Crippen LogP contribution in [0.15, 0.2) is 24.3 Å². The lowest BCUT2D eigenvalue weighted by Crippen LogP contribution is -2.23. The number of benzene rings is 1. The lowest BCUT2D eigenvalue weighted by Gasteiger charge is -2.19. The number of halogens is 3. The van der Waals surface area contributed by atoms with Crippen molar-refractivity contribution in [2.45, 2.75) is 25.4 Å². The summed E-state index contributed by atoms with van der Waals surface area (Å²) in [5.41, 5.74) is -0.748. The molecule has 0 atom stereocenters. The summed E-state index contributed by atoms with van der Waals surface area (Å²) in [6.45, 7) is 0. The van der Waals surface area contributed by atoms with Crippen molar-refractivity contribution in [3.63, 3.8) is 0 Å². The highest BCUT2D eigenvalue weighted by atomic mass is 19.4. The van der Waals surface area contributed by atoms with E-state index in [0.717, 1.165) is 0 Å². The molecule has 1 rings (SSSR count). The molecule has 0 amide bonds. The van der Waals surface area contributed by atoms with E-state index in [2.05, 4.69) is 0 Å². The lowest BCUT2D eigenvalue weighted by atomic mass is 9.80. The molecule has 0 fully saturated rings. The molecular weight excluding hydrogens is 267 g/mol. The topological polar surface area (TPSA) is 71.4 Å². The molecule has 0 spiro atoms. The van der Waals surface area contributed by atoms with Gasteiger partial charge in [-0.3, -0.25) is 0 Å². The van der Waals surface area contributed by atoms with E-state index in [4.69, 9.17) is 15.8 Å². The average Bonchev–Trinajstić information content (AvgIpc) is 2.43. The van der Waals surface area contributed by atoms with Crippen molar-refractivity contribution in [2.24, 2.45) is 5.41 Å². The zero-order valence-electron chi connectivity index (χ0n) is 10.4. The van der Waals surface area contributed by atoms with Gasteiger partial charge in [0.05, 0.1) is 23.8 Å². The third kappa shape index (κ3) is 4.30. The van der Waals surface area contributed by atoms with Gasteiger partial charge in [0.15, 0.2) is 0 Å². The Balaban J connectivity index is 2.89. The number of rotatable bonds is 4. The molecule has 3 nitrogen and oxygen atoms in total. The van der Waals surface area contributed by atoms with Crippen LogP contribution in [0.5, 0.6) is 0 Å². The minimum absolute atomic E-state index is 0.0954. The molecule has 1 aromatic carbocycles. The predicted molar refractivity (Wildman–Crippen MR) is 63.8 cm³/mol. The fourth-order valence-electron chi connectivity index (χ4n) is 1.70. The largest absolute Gasteiger partial charge is 0.389 e. The number of nitriles is 3. The van der Waals surface area contributed by atoms with Crippen molar-refractivity contribution in [3.05, 3.63) is 35.4 Å². The van der Waals surface area contributed by atoms with Gasteiger partial charge < -0.3 is 0 Å². The van der Waals surface area contributed by atoms with Crippen LogP contribution in [-0.2, 0) is 6.42 Å². The van der Waals surface area contributed by atoms with E-state index < -0.39 is 24.4 Å². The van der Waals surface area contributed by atoms with E-state index in [-0.39, 0.29) is 6.42 Å². The molecule has 20 heavy (non-hydrogen) atoms. The zero-order valence-corrected chi connectivity index (χ0v) is 10.4. The van der Waals surface area contributed by atoms with Gasteiger partial charge in [0, 0.05) is 12.8 Å². The summed E-state index contributed by atoms with van der Waals surface area (Å²) in [6.07, 6.45) is -6.24. The highest BCUT2D eigenvalue weighted by Crippen LogP contribution is 2.33. The Bertz CT molecular complexity index is 569. The van der Waals surface area contributed by atoms with Crippen molar-refractivity contribution in [2.75, 3.05) is 0 Å². The molecular formula is C14H10F3N3. The molecule has 0 radical (unpaired) electrons. The molecule has 102 valence electrons. The molecule has 6 heteroatoms. The van der Waals surface area contributed by atoms with Crippen LogP contribution in [0.2, 0.25) is 0 Å². The van der Waals surface area contributed by atoms with Crippen LogP contribution in [0.4, 0.5) is 13.2 Å². The molecule has 0 aliphatic carbocycles. The van der Waals surface area contributed by atoms with Crippen LogP contribution >= 0.6 is 0 Å². The maximum atomic E-state index is 12.2. The Morgan fingerprint density at radius 3 is 1.85 bits per heavy atom. The van der Waals surface area contributed by atoms with Gasteiger partial charge in [0.1, 0.15) is 5.41 Å². The third-order valence-corrected chi connectivity index (χ3v) is 2.85. The van der Waals surface area contributed by atoms with E-state index in [1.807, 2.05) is 6.07 Å². The smallest absolute Gasteiger partial charge is 0.197 e. The van der Waals surface area contributed by atoms with Crippen molar-refractivity contribution < 1.29 is 13.2 Å². The highest BCUT2D eigenvalue weighted by Gasteiger charge is 2.37. The van der Waals surface area contributed by atoms with E-state index in [1.165, 1.54) is 24.3 Å². The summed E-state index contributed by atoms with van der Waals surface area (Å²) < 4.78 is 36.7. The molecule has 0 N–H and O–H groups in total. The van der Waals surface area contributed by atoms with Crippen molar-refractivity contribution >= 4 is 0 Å². The van der Waals surface area contributed by atoms with Crippen molar-refractivity contribution in [3.8, 4) is 18.2 Å². The molecule has 0 saturated heterocycles. The molecule has 0 aliphatic rings. The van der Waals surface area contributed by atoms with Gasteiger partial charge >= 0.3 is 6.18 Å². The standard InChI is InChI=1S/C14H10F3N3/c15-14(16,17)6-5-13(9-19,10-20)7-11-1-3-12(8-18)4-2-11/h1-4H,5-7H2. The predicted octanol–water partition coefficient (Wildman–Crippen LogP) is 3.48. The Kier molecular flexibility index (Phi) is 4.73. The summed E-state index contributed by atoms with van der Waals surface area (Å²) in [5.74, 6) is 0. The molecule has 0 bridgehead atoms. The van der Waals surface area contributed by atoms with E-state index in [0.29, 0.717) is 11.1 Å².